The van der Waals surface area contributed by atoms with Gasteiger partial charge in [-0.1, -0.05) is 12.1 Å². The highest BCUT2D eigenvalue weighted by Gasteiger charge is 2.29. The SMILES string of the molecule is Cl.O=C(O)C=Cc1ccc(N2CCN(CCC3CCNCC3)C2=O)cc1. The first-order chi connectivity index (χ1) is 12.1. The quantitative estimate of drug-likeness (QED) is 0.745. The molecule has 0 unspecified atom stereocenters. The number of carbonyl (C=O) groups excluding carboxylic acids is 1. The van der Waals surface area contributed by atoms with Crippen LogP contribution >= 0.6 is 12.4 Å². The van der Waals surface area contributed by atoms with E-state index < -0.39 is 5.97 Å². The van der Waals surface area contributed by atoms with E-state index in [1.807, 2.05) is 29.2 Å². The van der Waals surface area contributed by atoms with Crippen LogP contribution in [0.5, 0.6) is 0 Å². The summed E-state index contributed by atoms with van der Waals surface area (Å²) in [6.07, 6.45) is 6.15. The number of carboxylic acids is 1. The molecule has 6 nitrogen and oxygen atoms in total. The average Bonchev–Trinajstić information content (AvgIpc) is 3.00. The molecule has 2 heterocycles. The Morgan fingerprint density at radius 3 is 2.54 bits per heavy atom. The minimum Gasteiger partial charge on any atom is -0.478 e. The maximum Gasteiger partial charge on any atom is 0.328 e. The van der Waals surface area contributed by atoms with Crippen LogP contribution in [0.25, 0.3) is 6.08 Å². The molecule has 0 spiro atoms. The van der Waals surface area contributed by atoms with E-state index in [1.54, 1.807) is 11.0 Å². The molecule has 0 atom stereocenters. The van der Waals surface area contributed by atoms with Gasteiger partial charge in [0.15, 0.2) is 0 Å². The van der Waals surface area contributed by atoms with Crippen LogP contribution in [0.15, 0.2) is 30.3 Å². The molecule has 2 fully saturated rings. The van der Waals surface area contributed by atoms with E-state index >= 15 is 0 Å². The summed E-state index contributed by atoms with van der Waals surface area (Å²) in [4.78, 5) is 26.9. The van der Waals surface area contributed by atoms with Gasteiger partial charge in [0.1, 0.15) is 0 Å². The second-order valence-electron chi connectivity index (χ2n) is 6.67. The highest BCUT2D eigenvalue weighted by Crippen LogP contribution is 2.23. The van der Waals surface area contributed by atoms with Gasteiger partial charge in [-0.15, -0.1) is 12.4 Å². The zero-order chi connectivity index (χ0) is 17.6. The summed E-state index contributed by atoms with van der Waals surface area (Å²) < 4.78 is 0. The lowest BCUT2D eigenvalue weighted by Crippen LogP contribution is -2.34. The normalized spacial score (nSPS) is 18.4. The van der Waals surface area contributed by atoms with Gasteiger partial charge in [-0.2, -0.15) is 0 Å². The third kappa shape index (κ3) is 5.22. The summed E-state index contributed by atoms with van der Waals surface area (Å²) in [5.74, 6) is -0.244. The molecule has 0 saturated carbocycles. The molecule has 2 aliphatic rings. The molecule has 3 rings (SSSR count). The van der Waals surface area contributed by atoms with Crippen molar-refractivity contribution in [2.75, 3.05) is 37.6 Å². The average molecular weight is 380 g/mol. The molecule has 0 aromatic heterocycles. The van der Waals surface area contributed by atoms with Crippen LogP contribution in [0, 0.1) is 5.92 Å². The first-order valence-corrected chi connectivity index (χ1v) is 8.92. The number of carbonyl (C=O) groups is 2. The number of carboxylic acid groups (broad SMARTS) is 1. The van der Waals surface area contributed by atoms with Crippen molar-refractivity contribution in [3.8, 4) is 0 Å². The van der Waals surface area contributed by atoms with Crippen molar-refractivity contribution >= 4 is 36.2 Å². The van der Waals surface area contributed by atoms with Crippen molar-refractivity contribution in [1.82, 2.24) is 10.2 Å². The zero-order valence-electron chi connectivity index (χ0n) is 14.8. The van der Waals surface area contributed by atoms with E-state index in [0.717, 1.165) is 55.8 Å². The van der Waals surface area contributed by atoms with Crippen molar-refractivity contribution in [1.29, 1.82) is 0 Å². The van der Waals surface area contributed by atoms with E-state index in [-0.39, 0.29) is 18.4 Å². The zero-order valence-corrected chi connectivity index (χ0v) is 15.6. The molecule has 1 aromatic carbocycles. The number of hydrogen-bond acceptors (Lipinski definition) is 3. The first kappa shape index (κ1) is 20.3. The topological polar surface area (TPSA) is 72.9 Å². The molecule has 142 valence electrons. The summed E-state index contributed by atoms with van der Waals surface area (Å²) in [6, 6.07) is 7.48. The first-order valence-electron chi connectivity index (χ1n) is 8.92. The molecule has 7 heteroatoms. The predicted molar refractivity (Wildman–Crippen MR) is 105 cm³/mol. The van der Waals surface area contributed by atoms with E-state index in [4.69, 9.17) is 5.11 Å². The number of urea groups is 1. The Bertz CT molecular complexity index is 642. The molecular formula is C19H26ClN3O3. The molecule has 2 N–H and O–H groups in total. The molecule has 2 amide bonds. The van der Waals surface area contributed by atoms with Gasteiger partial charge in [-0.25, -0.2) is 9.59 Å². The van der Waals surface area contributed by atoms with Crippen molar-refractivity contribution in [2.45, 2.75) is 19.3 Å². The van der Waals surface area contributed by atoms with Crippen LogP contribution in [0.2, 0.25) is 0 Å². The van der Waals surface area contributed by atoms with Crippen LogP contribution in [0.1, 0.15) is 24.8 Å². The van der Waals surface area contributed by atoms with E-state index in [0.29, 0.717) is 6.54 Å². The summed E-state index contributed by atoms with van der Waals surface area (Å²) in [5.41, 5.74) is 1.67. The lowest BCUT2D eigenvalue weighted by molar-refractivity contribution is -0.131. The van der Waals surface area contributed by atoms with Gasteiger partial charge < -0.3 is 15.3 Å². The van der Waals surface area contributed by atoms with Gasteiger partial charge in [-0.3, -0.25) is 4.90 Å². The summed E-state index contributed by atoms with van der Waals surface area (Å²) in [5, 5.41) is 12.0. The molecule has 0 radical (unpaired) electrons. The maximum absolute atomic E-state index is 12.6. The largest absolute Gasteiger partial charge is 0.478 e. The fraction of sp³-hybridized carbons (Fsp3) is 0.474. The lowest BCUT2D eigenvalue weighted by Gasteiger charge is -2.25. The number of halogens is 1. The molecule has 2 saturated heterocycles. The Kier molecular flexibility index (Phi) is 7.48. The molecule has 26 heavy (non-hydrogen) atoms. The fourth-order valence-corrected chi connectivity index (χ4v) is 3.47. The Balaban J connectivity index is 0.00000243. The van der Waals surface area contributed by atoms with E-state index in [2.05, 4.69) is 5.32 Å². The lowest BCUT2D eigenvalue weighted by atomic mass is 9.94. The standard InChI is InChI=1S/C19H25N3O3.ClH/c23-18(24)6-3-15-1-4-17(5-2-15)22-14-13-21(19(22)25)12-9-16-7-10-20-11-8-16;/h1-6,16,20H,7-14H2,(H,23,24);1H. The minimum absolute atomic E-state index is 0. The summed E-state index contributed by atoms with van der Waals surface area (Å²) in [7, 11) is 0. The number of piperidine rings is 1. The van der Waals surface area contributed by atoms with Crippen LogP contribution in [0.3, 0.4) is 0 Å². The minimum atomic E-state index is -0.969. The number of amides is 2. The molecule has 1 aromatic rings. The van der Waals surface area contributed by atoms with Gasteiger partial charge in [-0.05, 0) is 62.0 Å². The van der Waals surface area contributed by atoms with Crippen LogP contribution in [0.4, 0.5) is 10.5 Å². The Morgan fingerprint density at radius 1 is 1.19 bits per heavy atom. The third-order valence-electron chi connectivity index (χ3n) is 4.98. The van der Waals surface area contributed by atoms with E-state index in [9.17, 15) is 9.59 Å². The van der Waals surface area contributed by atoms with Crippen molar-refractivity contribution < 1.29 is 14.7 Å². The fourth-order valence-electron chi connectivity index (χ4n) is 3.47. The van der Waals surface area contributed by atoms with Crippen molar-refractivity contribution in [3.05, 3.63) is 35.9 Å². The second-order valence-corrected chi connectivity index (χ2v) is 6.67. The second kappa shape index (κ2) is 9.59. The molecular weight excluding hydrogens is 354 g/mol. The Morgan fingerprint density at radius 2 is 1.88 bits per heavy atom. The number of anilines is 1. The van der Waals surface area contributed by atoms with Crippen LogP contribution in [-0.2, 0) is 4.79 Å². The number of nitrogens with one attached hydrogen (secondary N) is 1. The maximum atomic E-state index is 12.6. The highest BCUT2D eigenvalue weighted by atomic mass is 35.5. The summed E-state index contributed by atoms with van der Waals surface area (Å²) >= 11 is 0. The predicted octanol–water partition coefficient (Wildman–Crippen LogP) is 2.84. The molecule has 2 aliphatic heterocycles. The number of rotatable bonds is 6. The van der Waals surface area contributed by atoms with Gasteiger partial charge in [0.25, 0.3) is 0 Å². The Labute approximate surface area is 160 Å². The smallest absolute Gasteiger partial charge is 0.328 e. The number of benzene rings is 1. The Hall–Kier alpha value is -2.05. The van der Waals surface area contributed by atoms with Gasteiger partial charge in [0, 0.05) is 31.4 Å². The highest BCUT2D eigenvalue weighted by molar-refractivity contribution is 5.94. The number of nitrogens with zero attached hydrogens (tertiary/aromatic N) is 2. The van der Waals surface area contributed by atoms with Crippen molar-refractivity contribution in [3.63, 3.8) is 0 Å². The van der Waals surface area contributed by atoms with Crippen LogP contribution < -0.4 is 10.2 Å². The summed E-state index contributed by atoms with van der Waals surface area (Å²) in [6.45, 7) is 4.49. The number of aliphatic carboxylic acids is 1. The molecule has 0 bridgehead atoms. The van der Waals surface area contributed by atoms with Gasteiger partial charge >= 0.3 is 12.0 Å². The van der Waals surface area contributed by atoms with Gasteiger partial charge in [0.05, 0.1) is 0 Å². The number of hydrogen-bond donors (Lipinski definition) is 2. The van der Waals surface area contributed by atoms with E-state index in [1.165, 1.54) is 12.8 Å². The van der Waals surface area contributed by atoms with Gasteiger partial charge in [0.2, 0.25) is 0 Å². The van der Waals surface area contributed by atoms with Crippen molar-refractivity contribution in [2.24, 2.45) is 5.92 Å². The molecule has 0 aliphatic carbocycles. The monoisotopic (exact) mass is 379 g/mol. The van der Waals surface area contributed by atoms with Crippen LogP contribution in [-0.4, -0.2) is 54.7 Å². The third-order valence-corrected chi connectivity index (χ3v) is 4.98.